The van der Waals surface area contributed by atoms with E-state index in [0.29, 0.717) is 106 Å². The normalized spacial score (nSPS) is 10.9. The predicted octanol–water partition coefficient (Wildman–Crippen LogP) is 2.64. The van der Waals surface area contributed by atoms with E-state index in [9.17, 15) is 4.79 Å². The molecule has 0 radical (unpaired) electrons. The molecule has 0 saturated carbocycles. The van der Waals surface area contributed by atoms with E-state index in [-0.39, 0.29) is 5.97 Å². The smallest absolute Gasteiger partial charge is 0.305 e. The maximum absolute atomic E-state index is 11.5. The SMILES string of the molecule is C#CCOCCOCCOCCOCCOCCOCCOCCOC(=O)CCCCCCC. The molecule has 0 rings (SSSR count). The van der Waals surface area contributed by atoms with E-state index in [1.54, 1.807) is 0 Å². The maximum atomic E-state index is 11.5. The highest BCUT2D eigenvalue weighted by Crippen LogP contribution is 2.05. The van der Waals surface area contributed by atoms with Crippen LogP contribution in [-0.2, 0) is 42.7 Å². The van der Waals surface area contributed by atoms with Crippen molar-refractivity contribution in [3.05, 3.63) is 0 Å². The third kappa shape index (κ3) is 28.8. The standard InChI is InChI=1S/C25H46O9/c1-3-5-6-7-8-9-25(26)34-24-23-33-22-21-32-20-19-31-18-17-30-16-15-29-14-13-28-12-11-27-10-4-2/h2H,3,5-24H2,1H3. The summed E-state index contributed by atoms with van der Waals surface area (Å²) in [7, 11) is 0. The van der Waals surface area contributed by atoms with Crippen molar-refractivity contribution in [2.24, 2.45) is 0 Å². The molecule has 0 spiro atoms. The largest absolute Gasteiger partial charge is 0.463 e. The van der Waals surface area contributed by atoms with Crippen molar-refractivity contribution >= 4 is 5.97 Å². The summed E-state index contributed by atoms with van der Waals surface area (Å²) in [5.74, 6) is 2.25. The number of carbonyl (C=O) groups excluding carboxylic acids is 1. The van der Waals surface area contributed by atoms with Gasteiger partial charge in [0.15, 0.2) is 0 Å². The summed E-state index contributed by atoms with van der Waals surface area (Å²) in [5, 5.41) is 0. The first-order valence-corrected chi connectivity index (χ1v) is 12.4. The highest BCUT2D eigenvalue weighted by Gasteiger charge is 2.02. The van der Waals surface area contributed by atoms with E-state index in [4.69, 9.17) is 44.3 Å². The predicted molar refractivity (Wildman–Crippen MR) is 129 cm³/mol. The van der Waals surface area contributed by atoms with E-state index in [1.807, 2.05) is 0 Å². The van der Waals surface area contributed by atoms with Crippen LogP contribution in [0.4, 0.5) is 0 Å². The van der Waals surface area contributed by atoms with Gasteiger partial charge >= 0.3 is 5.97 Å². The molecule has 0 heterocycles. The van der Waals surface area contributed by atoms with Gasteiger partial charge in [-0.05, 0) is 6.42 Å². The Morgan fingerprint density at radius 2 is 0.941 bits per heavy atom. The minimum Gasteiger partial charge on any atom is -0.463 e. The highest BCUT2D eigenvalue weighted by molar-refractivity contribution is 5.69. The molecule has 200 valence electrons. The molecule has 0 aromatic carbocycles. The molecular weight excluding hydrogens is 444 g/mol. The van der Waals surface area contributed by atoms with Crippen molar-refractivity contribution in [2.45, 2.75) is 45.4 Å². The molecule has 0 N–H and O–H groups in total. The van der Waals surface area contributed by atoms with E-state index in [1.165, 1.54) is 19.3 Å². The van der Waals surface area contributed by atoms with Crippen LogP contribution in [0.15, 0.2) is 0 Å². The molecule has 0 aromatic heterocycles. The van der Waals surface area contributed by atoms with Gasteiger partial charge in [0.2, 0.25) is 0 Å². The van der Waals surface area contributed by atoms with Crippen LogP contribution in [0.1, 0.15) is 45.4 Å². The van der Waals surface area contributed by atoms with Gasteiger partial charge in [-0.3, -0.25) is 4.79 Å². The van der Waals surface area contributed by atoms with Gasteiger partial charge in [-0.1, -0.05) is 38.5 Å². The van der Waals surface area contributed by atoms with Crippen molar-refractivity contribution in [3.63, 3.8) is 0 Å². The average molecular weight is 491 g/mol. The molecule has 9 heteroatoms. The van der Waals surface area contributed by atoms with Gasteiger partial charge in [-0.25, -0.2) is 0 Å². The summed E-state index contributed by atoms with van der Waals surface area (Å²) in [5.41, 5.74) is 0. The molecule has 0 aliphatic heterocycles. The first-order valence-electron chi connectivity index (χ1n) is 12.4. The van der Waals surface area contributed by atoms with Crippen LogP contribution in [0.25, 0.3) is 0 Å². The van der Waals surface area contributed by atoms with Gasteiger partial charge in [-0.15, -0.1) is 6.42 Å². The molecule has 0 aliphatic carbocycles. The summed E-state index contributed by atoms with van der Waals surface area (Å²) >= 11 is 0. The quantitative estimate of drug-likeness (QED) is 0.0932. The fraction of sp³-hybridized carbons (Fsp3) is 0.880. The zero-order valence-corrected chi connectivity index (χ0v) is 21.1. The highest BCUT2D eigenvalue weighted by atomic mass is 16.6. The molecule has 34 heavy (non-hydrogen) atoms. The second-order valence-corrected chi connectivity index (χ2v) is 7.32. The van der Waals surface area contributed by atoms with E-state index >= 15 is 0 Å². The third-order valence-corrected chi connectivity index (χ3v) is 4.39. The molecule has 0 saturated heterocycles. The molecule has 0 aliphatic rings. The third-order valence-electron chi connectivity index (χ3n) is 4.39. The molecule has 0 aromatic rings. The molecule has 0 amide bonds. The van der Waals surface area contributed by atoms with Crippen molar-refractivity contribution in [1.82, 2.24) is 0 Å². The number of unbranched alkanes of at least 4 members (excludes halogenated alkanes) is 4. The lowest BCUT2D eigenvalue weighted by atomic mass is 10.1. The topological polar surface area (TPSA) is 90.9 Å². The Morgan fingerprint density at radius 3 is 1.35 bits per heavy atom. The van der Waals surface area contributed by atoms with Crippen molar-refractivity contribution in [1.29, 1.82) is 0 Å². The van der Waals surface area contributed by atoms with Crippen LogP contribution in [-0.4, -0.2) is 105 Å². The molecule has 0 atom stereocenters. The number of hydrogen-bond donors (Lipinski definition) is 0. The summed E-state index contributed by atoms with van der Waals surface area (Å²) in [4.78, 5) is 11.5. The Kier molecular flexibility index (Phi) is 28.7. The van der Waals surface area contributed by atoms with Crippen LogP contribution in [0.2, 0.25) is 0 Å². The van der Waals surface area contributed by atoms with Crippen molar-refractivity contribution in [3.8, 4) is 12.3 Å². The van der Waals surface area contributed by atoms with Gasteiger partial charge in [0, 0.05) is 6.42 Å². The monoisotopic (exact) mass is 490 g/mol. The van der Waals surface area contributed by atoms with Crippen molar-refractivity contribution in [2.75, 3.05) is 99.1 Å². The Labute approximate surface area is 206 Å². The Balaban J connectivity index is 3.09. The summed E-state index contributed by atoms with van der Waals surface area (Å²) in [6, 6.07) is 0. The number of ether oxygens (including phenoxy) is 8. The van der Waals surface area contributed by atoms with Gasteiger partial charge in [0.25, 0.3) is 0 Å². The van der Waals surface area contributed by atoms with E-state index < -0.39 is 0 Å². The minimum atomic E-state index is -0.144. The van der Waals surface area contributed by atoms with Crippen LogP contribution in [0, 0.1) is 12.3 Å². The van der Waals surface area contributed by atoms with Gasteiger partial charge in [0.05, 0.1) is 85.9 Å². The minimum absolute atomic E-state index is 0.144. The number of rotatable bonds is 28. The summed E-state index contributed by atoms with van der Waals surface area (Å²) < 4.78 is 42.6. The molecule has 0 fully saturated rings. The van der Waals surface area contributed by atoms with Crippen LogP contribution in [0.5, 0.6) is 0 Å². The Morgan fingerprint density at radius 1 is 0.559 bits per heavy atom. The summed E-state index contributed by atoms with van der Waals surface area (Å²) in [6.45, 7) is 9.15. The number of esters is 1. The van der Waals surface area contributed by atoms with Gasteiger partial charge < -0.3 is 37.9 Å². The van der Waals surface area contributed by atoms with Crippen LogP contribution >= 0.6 is 0 Å². The van der Waals surface area contributed by atoms with Crippen molar-refractivity contribution < 1.29 is 42.7 Å². The number of hydrogen-bond acceptors (Lipinski definition) is 9. The lowest BCUT2D eigenvalue weighted by Crippen LogP contribution is -2.15. The van der Waals surface area contributed by atoms with Crippen LogP contribution in [0.3, 0.4) is 0 Å². The molecule has 0 unspecified atom stereocenters. The van der Waals surface area contributed by atoms with Gasteiger partial charge in [0.1, 0.15) is 13.2 Å². The van der Waals surface area contributed by atoms with E-state index in [2.05, 4.69) is 12.8 Å². The van der Waals surface area contributed by atoms with E-state index in [0.717, 1.165) is 12.8 Å². The number of terminal acetylenes is 1. The number of carbonyl (C=O) groups is 1. The lowest BCUT2D eigenvalue weighted by molar-refractivity contribution is -0.145. The van der Waals surface area contributed by atoms with Crippen LogP contribution < -0.4 is 0 Å². The summed E-state index contributed by atoms with van der Waals surface area (Å²) in [6.07, 6.45) is 11.2. The zero-order valence-electron chi connectivity index (χ0n) is 21.1. The Bertz CT molecular complexity index is 454. The molecule has 9 nitrogen and oxygen atoms in total. The second-order valence-electron chi connectivity index (χ2n) is 7.32. The molecular formula is C25H46O9. The zero-order chi connectivity index (χ0) is 24.8. The average Bonchev–Trinajstić information content (AvgIpc) is 2.84. The molecule has 0 bridgehead atoms. The fourth-order valence-corrected chi connectivity index (χ4v) is 2.61. The first-order chi connectivity index (χ1) is 16.8. The Hall–Kier alpha value is -1.25. The maximum Gasteiger partial charge on any atom is 0.305 e. The van der Waals surface area contributed by atoms with Gasteiger partial charge in [-0.2, -0.15) is 0 Å². The second kappa shape index (κ2) is 29.8. The fourth-order valence-electron chi connectivity index (χ4n) is 2.61. The lowest BCUT2D eigenvalue weighted by Gasteiger charge is -2.08. The first kappa shape index (κ1) is 32.8.